The predicted octanol–water partition coefficient (Wildman–Crippen LogP) is 0.157. The molecule has 1 aromatic heterocycles. The maximum Gasteiger partial charge on any atom is 0.337 e. The van der Waals surface area contributed by atoms with E-state index in [0.717, 1.165) is 0 Å². The largest absolute Gasteiger partial charge is 0.485 e. The molecule has 2 aromatic rings. The lowest BCUT2D eigenvalue weighted by Crippen LogP contribution is -2.26. The van der Waals surface area contributed by atoms with Crippen LogP contribution in [0.1, 0.15) is 26.9 Å². The monoisotopic (exact) mass is 321 g/mol. The first-order valence-corrected chi connectivity index (χ1v) is 6.67. The van der Waals surface area contributed by atoms with E-state index >= 15 is 0 Å². The fraction of sp³-hybridized carbons (Fsp3) is 0.286. The third-order valence-electron chi connectivity index (χ3n) is 2.70. The van der Waals surface area contributed by atoms with Gasteiger partial charge in [0.1, 0.15) is 5.75 Å². The maximum atomic E-state index is 11.5. The summed E-state index contributed by atoms with van der Waals surface area (Å²) in [5.41, 5.74) is 0.405. The molecular formula is C14H15N3O6. The lowest BCUT2D eigenvalue weighted by Gasteiger charge is -2.04. The third kappa shape index (κ3) is 4.51. The van der Waals surface area contributed by atoms with Gasteiger partial charge in [0.15, 0.2) is 6.61 Å². The van der Waals surface area contributed by atoms with E-state index in [0.29, 0.717) is 11.3 Å². The van der Waals surface area contributed by atoms with Crippen molar-refractivity contribution >= 4 is 11.9 Å². The van der Waals surface area contributed by atoms with Gasteiger partial charge in [-0.15, -0.1) is 0 Å². The second-order valence-electron chi connectivity index (χ2n) is 4.30. The Balaban J connectivity index is 1.90. The van der Waals surface area contributed by atoms with Gasteiger partial charge in [0.2, 0.25) is 5.82 Å². The number of ether oxygens (including phenoxy) is 2. The van der Waals surface area contributed by atoms with Crippen molar-refractivity contribution in [3.8, 4) is 5.75 Å². The van der Waals surface area contributed by atoms with E-state index < -0.39 is 11.9 Å². The number of hydrogen-bond donors (Lipinski definition) is 2. The first-order chi connectivity index (χ1) is 11.1. The van der Waals surface area contributed by atoms with E-state index in [4.69, 9.17) is 14.4 Å². The molecule has 1 amide bonds. The minimum Gasteiger partial charge on any atom is -0.485 e. The summed E-state index contributed by atoms with van der Waals surface area (Å²) in [6, 6.07) is 6.32. The number of esters is 1. The first kappa shape index (κ1) is 16.4. The molecule has 0 spiro atoms. The van der Waals surface area contributed by atoms with Crippen LogP contribution in [0.3, 0.4) is 0 Å². The van der Waals surface area contributed by atoms with Gasteiger partial charge in [-0.3, -0.25) is 4.79 Å². The van der Waals surface area contributed by atoms with Crippen molar-refractivity contribution in [1.82, 2.24) is 15.5 Å². The van der Waals surface area contributed by atoms with E-state index in [1.165, 1.54) is 7.11 Å². The van der Waals surface area contributed by atoms with Crippen molar-refractivity contribution in [3.63, 3.8) is 0 Å². The Morgan fingerprint density at radius 2 is 2.04 bits per heavy atom. The average molecular weight is 321 g/mol. The molecule has 0 atom stereocenters. The minimum absolute atomic E-state index is 0.00560. The van der Waals surface area contributed by atoms with Gasteiger partial charge in [-0.1, -0.05) is 5.16 Å². The molecule has 122 valence electrons. The molecule has 2 N–H and O–H groups in total. The fourth-order valence-corrected chi connectivity index (χ4v) is 1.60. The summed E-state index contributed by atoms with van der Waals surface area (Å²) in [5, 5.41) is 14.6. The Hall–Kier alpha value is -2.94. The summed E-state index contributed by atoms with van der Waals surface area (Å²) in [5.74, 6) is -0.531. The lowest BCUT2D eigenvalue weighted by molar-refractivity contribution is 0.0600. The number of aromatic nitrogens is 2. The van der Waals surface area contributed by atoms with Crippen LogP contribution in [0.5, 0.6) is 5.75 Å². The van der Waals surface area contributed by atoms with Gasteiger partial charge in [0.05, 0.1) is 19.3 Å². The van der Waals surface area contributed by atoms with Gasteiger partial charge in [-0.05, 0) is 24.3 Å². The number of nitrogens with one attached hydrogen (secondary N) is 1. The van der Waals surface area contributed by atoms with Crippen molar-refractivity contribution < 1.29 is 28.7 Å². The van der Waals surface area contributed by atoms with Crippen LogP contribution in [0, 0.1) is 0 Å². The number of carbonyl (C=O) groups is 2. The van der Waals surface area contributed by atoms with E-state index in [1.54, 1.807) is 24.3 Å². The zero-order chi connectivity index (χ0) is 16.7. The first-order valence-electron chi connectivity index (χ1n) is 6.67. The molecule has 9 heteroatoms. The zero-order valence-corrected chi connectivity index (χ0v) is 12.3. The number of methoxy groups -OCH3 is 1. The van der Waals surface area contributed by atoms with Crippen molar-refractivity contribution in [3.05, 3.63) is 41.5 Å². The number of nitrogens with zero attached hydrogens (tertiary/aromatic N) is 2. The normalized spacial score (nSPS) is 10.2. The Labute approximate surface area is 131 Å². The summed E-state index contributed by atoms with van der Waals surface area (Å²) in [6.07, 6.45) is 0. The summed E-state index contributed by atoms with van der Waals surface area (Å²) in [7, 11) is 1.30. The second-order valence-corrected chi connectivity index (χ2v) is 4.30. The third-order valence-corrected chi connectivity index (χ3v) is 2.70. The minimum atomic E-state index is -0.569. The van der Waals surface area contributed by atoms with Crippen LogP contribution in [0.4, 0.5) is 0 Å². The molecule has 23 heavy (non-hydrogen) atoms. The Kier molecular flexibility index (Phi) is 5.64. The number of aliphatic hydroxyl groups is 1. The smallest absolute Gasteiger partial charge is 0.337 e. The molecule has 0 unspecified atom stereocenters. The van der Waals surface area contributed by atoms with Crippen LogP contribution in [0.15, 0.2) is 28.8 Å². The van der Waals surface area contributed by atoms with E-state index in [2.05, 4.69) is 20.2 Å². The molecule has 0 bridgehead atoms. The average Bonchev–Trinajstić information content (AvgIpc) is 3.06. The van der Waals surface area contributed by atoms with E-state index in [9.17, 15) is 9.59 Å². The molecule has 9 nitrogen and oxygen atoms in total. The zero-order valence-electron chi connectivity index (χ0n) is 12.3. The van der Waals surface area contributed by atoms with E-state index in [1.807, 2.05) is 0 Å². The summed E-state index contributed by atoms with van der Waals surface area (Å²) in [6.45, 7) is -0.0919. The molecule has 0 radical (unpaired) electrons. The summed E-state index contributed by atoms with van der Waals surface area (Å²) in [4.78, 5) is 26.7. The molecule has 0 aliphatic heterocycles. The van der Waals surface area contributed by atoms with Crippen molar-refractivity contribution in [2.24, 2.45) is 0 Å². The number of amides is 1. The standard InChI is InChI=1S/C14H15N3O6/c1-21-14(20)9-2-4-10(5-3-9)22-8-11-16-13(23-17-11)12(19)15-6-7-18/h2-5,18H,6-8H2,1H3,(H,15,19). The van der Waals surface area contributed by atoms with Crippen LogP contribution in [0.25, 0.3) is 0 Å². The molecule has 0 aliphatic rings. The highest BCUT2D eigenvalue weighted by molar-refractivity contribution is 5.89. The van der Waals surface area contributed by atoms with Gasteiger partial charge >= 0.3 is 17.8 Å². The predicted molar refractivity (Wildman–Crippen MR) is 75.8 cm³/mol. The van der Waals surface area contributed by atoms with Crippen molar-refractivity contribution in [1.29, 1.82) is 0 Å². The van der Waals surface area contributed by atoms with E-state index in [-0.39, 0.29) is 31.5 Å². The summed E-state index contributed by atoms with van der Waals surface area (Å²) < 4.78 is 14.8. The fourth-order valence-electron chi connectivity index (χ4n) is 1.60. The number of benzene rings is 1. The molecule has 0 saturated carbocycles. The Morgan fingerprint density at radius 3 is 2.70 bits per heavy atom. The van der Waals surface area contributed by atoms with Crippen molar-refractivity contribution in [2.75, 3.05) is 20.3 Å². The van der Waals surface area contributed by atoms with Gasteiger partial charge < -0.3 is 24.4 Å². The molecule has 2 rings (SSSR count). The Morgan fingerprint density at radius 1 is 1.30 bits per heavy atom. The van der Waals surface area contributed by atoms with Crippen LogP contribution in [-0.4, -0.2) is 47.4 Å². The highest BCUT2D eigenvalue weighted by Crippen LogP contribution is 2.14. The second kappa shape index (κ2) is 7.90. The number of carbonyl (C=O) groups excluding carboxylic acids is 2. The van der Waals surface area contributed by atoms with Gasteiger partial charge in [0.25, 0.3) is 0 Å². The highest BCUT2D eigenvalue weighted by atomic mass is 16.5. The number of rotatable bonds is 7. The summed E-state index contributed by atoms with van der Waals surface area (Å²) >= 11 is 0. The highest BCUT2D eigenvalue weighted by Gasteiger charge is 2.14. The van der Waals surface area contributed by atoms with Crippen LogP contribution < -0.4 is 10.1 Å². The molecule has 0 aliphatic carbocycles. The topological polar surface area (TPSA) is 124 Å². The Bertz CT molecular complexity index is 667. The lowest BCUT2D eigenvalue weighted by atomic mass is 10.2. The van der Waals surface area contributed by atoms with Gasteiger partial charge in [-0.25, -0.2) is 4.79 Å². The van der Waals surface area contributed by atoms with Crippen LogP contribution >= 0.6 is 0 Å². The van der Waals surface area contributed by atoms with Gasteiger partial charge in [-0.2, -0.15) is 4.98 Å². The molecule has 0 saturated heterocycles. The molecular weight excluding hydrogens is 306 g/mol. The van der Waals surface area contributed by atoms with Crippen LogP contribution in [-0.2, 0) is 11.3 Å². The van der Waals surface area contributed by atoms with Crippen LogP contribution in [0.2, 0.25) is 0 Å². The molecule has 1 heterocycles. The SMILES string of the molecule is COC(=O)c1ccc(OCc2noc(C(=O)NCCO)n2)cc1. The molecule has 1 aromatic carbocycles. The molecule has 0 fully saturated rings. The number of hydrogen-bond acceptors (Lipinski definition) is 8. The van der Waals surface area contributed by atoms with Crippen molar-refractivity contribution in [2.45, 2.75) is 6.61 Å². The van der Waals surface area contributed by atoms with Gasteiger partial charge in [0, 0.05) is 6.54 Å². The number of aliphatic hydroxyl groups excluding tert-OH is 1. The quantitative estimate of drug-likeness (QED) is 0.691. The maximum absolute atomic E-state index is 11.5.